The van der Waals surface area contributed by atoms with Gasteiger partial charge in [-0.15, -0.1) is 11.3 Å². The molecule has 3 N–H and O–H groups in total. The number of rotatable bonds is 5. The van der Waals surface area contributed by atoms with Crippen molar-refractivity contribution in [2.75, 3.05) is 0 Å². The van der Waals surface area contributed by atoms with Crippen molar-refractivity contribution in [1.82, 2.24) is 9.55 Å². The zero-order valence-electron chi connectivity index (χ0n) is 11.4. The van der Waals surface area contributed by atoms with E-state index in [-0.39, 0.29) is 5.84 Å². The molecule has 6 heteroatoms. The maximum Gasteiger partial charge on any atom is 0.146 e. The first kappa shape index (κ1) is 13.6. The second-order valence-corrected chi connectivity index (χ2v) is 5.80. The van der Waals surface area contributed by atoms with Crippen LogP contribution >= 0.6 is 11.3 Å². The number of hydrogen-bond donors (Lipinski definition) is 2. The number of imidazole rings is 1. The summed E-state index contributed by atoms with van der Waals surface area (Å²) in [7, 11) is 0. The minimum absolute atomic E-state index is 0.169. The van der Waals surface area contributed by atoms with E-state index in [4.69, 9.17) is 10.9 Å². The summed E-state index contributed by atoms with van der Waals surface area (Å²) in [4.78, 5) is 5.93. The number of benzene rings is 1. The van der Waals surface area contributed by atoms with Crippen LogP contribution in [0.5, 0.6) is 0 Å². The fraction of sp³-hybridized carbons (Fsp3) is 0.200. The Labute approximate surface area is 126 Å². The number of aryl methyl sites for hydroxylation is 2. The number of thiophene rings is 1. The standard InChI is InChI=1S/C15H16N4OS/c16-14(18-20)10-15-17-12-5-1-2-6-13(12)19(15)8-7-11-4-3-9-21-11/h1-6,9,20H,7-8,10H2,(H2,16,18). The Bertz CT molecular complexity index is 761. The molecule has 3 rings (SSSR count). The number of hydrogen-bond acceptors (Lipinski definition) is 4. The Balaban J connectivity index is 1.94. The summed E-state index contributed by atoms with van der Waals surface area (Å²) in [6.45, 7) is 0.828. The molecule has 0 fully saturated rings. The van der Waals surface area contributed by atoms with Crippen molar-refractivity contribution in [3.8, 4) is 0 Å². The van der Waals surface area contributed by atoms with Gasteiger partial charge in [-0.1, -0.05) is 23.4 Å². The summed E-state index contributed by atoms with van der Waals surface area (Å²) >= 11 is 1.75. The van der Waals surface area contributed by atoms with Gasteiger partial charge in [0.15, 0.2) is 0 Å². The molecule has 0 aliphatic carbocycles. The van der Waals surface area contributed by atoms with Crippen molar-refractivity contribution in [1.29, 1.82) is 0 Å². The molecule has 0 saturated heterocycles. The van der Waals surface area contributed by atoms with Crippen LogP contribution < -0.4 is 5.73 Å². The minimum atomic E-state index is 0.169. The average Bonchev–Trinajstić information content (AvgIpc) is 3.12. The van der Waals surface area contributed by atoms with E-state index in [1.165, 1.54) is 4.88 Å². The molecule has 0 radical (unpaired) electrons. The summed E-state index contributed by atoms with van der Waals surface area (Å²) in [5, 5.41) is 13.9. The van der Waals surface area contributed by atoms with Gasteiger partial charge in [-0.05, 0) is 30.0 Å². The quantitative estimate of drug-likeness (QED) is 0.329. The number of nitrogens with zero attached hydrogens (tertiary/aromatic N) is 3. The number of fused-ring (bicyclic) bond motifs is 1. The second kappa shape index (κ2) is 5.97. The van der Waals surface area contributed by atoms with E-state index in [9.17, 15) is 0 Å². The van der Waals surface area contributed by atoms with Crippen molar-refractivity contribution in [3.05, 3.63) is 52.5 Å². The third kappa shape index (κ3) is 2.90. The summed E-state index contributed by atoms with van der Waals surface area (Å²) in [5.74, 6) is 0.991. The summed E-state index contributed by atoms with van der Waals surface area (Å²) in [5.41, 5.74) is 7.65. The average molecular weight is 300 g/mol. The Hall–Kier alpha value is -2.34. The molecule has 0 aliphatic heterocycles. The molecule has 0 amide bonds. The first-order valence-corrected chi connectivity index (χ1v) is 7.59. The van der Waals surface area contributed by atoms with E-state index < -0.39 is 0 Å². The summed E-state index contributed by atoms with van der Waals surface area (Å²) < 4.78 is 2.15. The first-order chi connectivity index (χ1) is 10.3. The van der Waals surface area contributed by atoms with Gasteiger partial charge in [0.2, 0.25) is 0 Å². The lowest BCUT2D eigenvalue weighted by Crippen LogP contribution is -2.18. The van der Waals surface area contributed by atoms with Crippen LogP contribution in [0, 0.1) is 0 Å². The highest BCUT2D eigenvalue weighted by Gasteiger charge is 2.12. The van der Waals surface area contributed by atoms with Crippen LogP contribution in [-0.2, 0) is 19.4 Å². The molecule has 2 heterocycles. The van der Waals surface area contributed by atoms with Crippen LogP contribution in [0.2, 0.25) is 0 Å². The van der Waals surface area contributed by atoms with E-state index >= 15 is 0 Å². The first-order valence-electron chi connectivity index (χ1n) is 6.71. The lowest BCUT2D eigenvalue weighted by Gasteiger charge is -2.08. The van der Waals surface area contributed by atoms with Gasteiger partial charge in [0.1, 0.15) is 11.7 Å². The van der Waals surface area contributed by atoms with Crippen molar-refractivity contribution in [3.63, 3.8) is 0 Å². The second-order valence-electron chi connectivity index (χ2n) is 4.77. The van der Waals surface area contributed by atoms with E-state index in [2.05, 4.69) is 32.2 Å². The van der Waals surface area contributed by atoms with Crippen LogP contribution in [0.15, 0.2) is 46.9 Å². The highest BCUT2D eigenvalue weighted by Crippen LogP contribution is 2.18. The Kier molecular flexibility index (Phi) is 3.87. The molecule has 1 aromatic carbocycles. The molecule has 3 aromatic rings. The van der Waals surface area contributed by atoms with Crippen molar-refractivity contribution < 1.29 is 5.21 Å². The van der Waals surface area contributed by atoms with Crippen LogP contribution in [0.4, 0.5) is 0 Å². The molecule has 2 aromatic heterocycles. The summed E-state index contributed by atoms with van der Waals surface area (Å²) in [6.07, 6.45) is 1.29. The Morgan fingerprint density at radius 3 is 2.90 bits per heavy atom. The smallest absolute Gasteiger partial charge is 0.146 e. The summed E-state index contributed by atoms with van der Waals surface area (Å²) in [6, 6.07) is 12.2. The van der Waals surface area contributed by atoms with Gasteiger partial charge in [-0.3, -0.25) is 0 Å². The molecular formula is C15H16N4OS. The van der Waals surface area contributed by atoms with Gasteiger partial charge < -0.3 is 15.5 Å². The fourth-order valence-electron chi connectivity index (χ4n) is 2.38. The zero-order valence-corrected chi connectivity index (χ0v) is 12.3. The lowest BCUT2D eigenvalue weighted by molar-refractivity contribution is 0.317. The maximum absolute atomic E-state index is 8.77. The third-order valence-electron chi connectivity index (χ3n) is 3.36. The highest BCUT2D eigenvalue weighted by molar-refractivity contribution is 7.09. The molecule has 0 bridgehead atoms. The van der Waals surface area contributed by atoms with E-state index in [0.717, 1.165) is 29.8 Å². The minimum Gasteiger partial charge on any atom is -0.409 e. The van der Waals surface area contributed by atoms with E-state index in [1.54, 1.807) is 11.3 Å². The molecule has 0 aliphatic rings. The van der Waals surface area contributed by atoms with Gasteiger partial charge in [-0.2, -0.15) is 0 Å². The topological polar surface area (TPSA) is 76.4 Å². The van der Waals surface area contributed by atoms with Crippen LogP contribution in [0.25, 0.3) is 11.0 Å². The van der Waals surface area contributed by atoms with E-state index in [1.807, 2.05) is 24.3 Å². The monoisotopic (exact) mass is 300 g/mol. The molecule has 0 spiro atoms. The van der Waals surface area contributed by atoms with Crippen molar-refractivity contribution in [2.45, 2.75) is 19.4 Å². The fourth-order valence-corrected chi connectivity index (χ4v) is 3.08. The number of para-hydroxylation sites is 2. The van der Waals surface area contributed by atoms with Gasteiger partial charge in [0, 0.05) is 11.4 Å². The zero-order chi connectivity index (χ0) is 14.7. The number of nitrogens with two attached hydrogens (primary N) is 1. The number of amidine groups is 1. The van der Waals surface area contributed by atoms with Gasteiger partial charge >= 0.3 is 0 Å². The van der Waals surface area contributed by atoms with Gasteiger partial charge in [0.05, 0.1) is 17.5 Å². The van der Waals surface area contributed by atoms with Crippen LogP contribution in [-0.4, -0.2) is 20.6 Å². The molecule has 108 valence electrons. The maximum atomic E-state index is 8.77. The van der Waals surface area contributed by atoms with Crippen molar-refractivity contribution >= 4 is 28.2 Å². The van der Waals surface area contributed by atoms with Crippen LogP contribution in [0.3, 0.4) is 0 Å². The lowest BCUT2D eigenvalue weighted by atomic mass is 10.3. The molecule has 0 atom stereocenters. The predicted octanol–water partition coefficient (Wildman–Crippen LogP) is 2.63. The largest absolute Gasteiger partial charge is 0.409 e. The Morgan fingerprint density at radius 2 is 2.14 bits per heavy atom. The van der Waals surface area contributed by atoms with Gasteiger partial charge in [0.25, 0.3) is 0 Å². The van der Waals surface area contributed by atoms with Gasteiger partial charge in [-0.25, -0.2) is 4.98 Å². The molecule has 0 saturated carbocycles. The molecular weight excluding hydrogens is 284 g/mol. The van der Waals surface area contributed by atoms with Crippen molar-refractivity contribution in [2.24, 2.45) is 10.9 Å². The van der Waals surface area contributed by atoms with Crippen LogP contribution in [0.1, 0.15) is 10.7 Å². The highest BCUT2D eigenvalue weighted by atomic mass is 32.1. The number of oxime groups is 1. The van der Waals surface area contributed by atoms with E-state index in [0.29, 0.717) is 6.42 Å². The normalized spacial score (nSPS) is 12.1. The third-order valence-corrected chi connectivity index (χ3v) is 4.30. The molecule has 5 nitrogen and oxygen atoms in total. The number of aromatic nitrogens is 2. The molecule has 0 unspecified atom stereocenters. The SMILES string of the molecule is NC(Cc1nc2ccccc2n1CCc1cccs1)=NO. The Morgan fingerprint density at radius 1 is 1.29 bits per heavy atom. The molecule has 21 heavy (non-hydrogen) atoms. The predicted molar refractivity (Wildman–Crippen MR) is 84.9 cm³/mol.